The van der Waals surface area contributed by atoms with E-state index in [2.05, 4.69) is 48.3 Å². The van der Waals surface area contributed by atoms with Gasteiger partial charge in [-0.2, -0.15) is 0 Å². The Morgan fingerprint density at radius 3 is 2.94 bits per heavy atom. The monoisotopic (exact) mass is 210 g/mol. The highest BCUT2D eigenvalue weighted by molar-refractivity contribution is 5.85. The predicted octanol–water partition coefficient (Wildman–Crippen LogP) is 2.90. The number of aryl methyl sites for hydroxylation is 2. The van der Waals surface area contributed by atoms with Crippen LogP contribution in [0.25, 0.3) is 10.9 Å². The van der Waals surface area contributed by atoms with Gasteiger partial charge in [0.25, 0.3) is 0 Å². The van der Waals surface area contributed by atoms with Crippen LogP contribution in [-0.2, 0) is 0 Å². The van der Waals surface area contributed by atoms with Crippen molar-refractivity contribution >= 4 is 16.6 Å². The topological polar surface area (TPSA) is 24.9 Å². The first-order chi connectivity index (χ1) is 7.72. The molecule has 0 atom stereocenters. The molecule has 0 aliphatic heterocycles. The molecule has 0 saturated heterocycles. The Bertz CT molecular complexity index is 565. The molecule has 0 amide bonds. The van der Waals surface area contributed by atoms with E-state index >= 15 is 0 Å². The van der Waals surface area contributed by atoms with Crippen molar-refractivity contribution in [1.82, 2.24) is 4.98 Å². The zero-order chi connectivity index (χ0) is 11.5. The van der Waals surface area contributed by atoms with Crippen LogP contribution >= 0.6 is 0 Å². The summed E-state index contributed by atoms with van der Waals surface area (Å²) in [6, 6.07) is 6.28. The molecule has 0 unspecified atom stereocenters. The maximum absolute atomic E-state index is 5.20. The van der Waals surface area contributed by atoms with Gasteiger partial charge in [0.05, 0.1) is 23.9 Å². The maximum Gasteiger partial charge on any atom is 0.0763 e. The number of terminal acetylenes is 1. The molecule has 1 N–H and O–H groups in total. The molecule has 0 saturated carbocycles. The van der Waals surface area contributed by atoms with Crippen LogP contribution in [0.3, 0.4) is 0 Å². The van der Waals surface area contributed by atoms with E-state index in [1.54, 1.807) is 0 Å². The number of rotatable bonds is 2. The molecule has 0 radical (unpaired) electrons. The lowest BCUT2D eigenvalue weighted by Crippen LogP contribution is -1.99. The van der Waals surface area contributed by atoms with E-state index in [1.807, 2.05) is 6.20 Å². The van der Waals surface area contributed by atoms with E-state index in [0.717, 1.165) is 16.6 Å². The summed E-state index contributed by atoms with van der Waals surface area (Å²) >= 11 is 0. The van der Waals surface area contributed by atoms with Gasteiger partial charge in [-0.05, 0) is 31.0 Å². The molecular formula is C14H14N2. The average molecular weight is 210 g/mol. The number of anilines is 1. The second-order valence-corrected chi connectivity index (χ2v) is 3.86. The molecule has 2 aromatic rings. The molecular weight excluding hydrogens is 196 g/mol. The van der Waals surface area contributed by atoms with E-state index in [-0.39, 0.29) is 0 Å². The number of hydrogen-bond acceptors (Lipinski definition) is 2. The second-order valence-electron chi connectivity index (χ2n) is 3.86. The lowest BCUT2D eigenvalue weighted by Gasteiger charge is -2.07. The molecule has 2 nitrogen and oxygen atoms in total. The summed E-state index contributed by atoms with van der Waals surface area (Å²) in [7, 11) is 0. The van der Waals surface area contributed by atoms with Crippen molar-refractivity contribution in [3.8, 4) is 12.3 Å². The Labute approximate surface area is 95.7 Å². The van der Waals surface area contributed by atoms with E-state index in [1.165, 1.54) is 11.1 Å². The second kappa shape index (κ2) is 4.24. The van der Waals surface area contributed by atoms with Gasteiger partial charge in [-0.25, -0.2) is 0 Å². The third-order valence-corrected chi connectivity index (χ3v) is 2.77. The van der Waals surface area contributed by atoms with Crippen molar-refractivity contribution in [3.05, 3.63) is 35.5 Å². The van der Waals surface area contributed by atoms with Crippen LogP contribution < -0.4 is 5.32 Å². The first kappa shape index (κ1) is 10.5. The highest BCUT2D eigenvalue weighted by Crippen LogP contribution is 2.21. The van der Waals surface area contributed by atoms with Crippen molar-refractivity contribution in [2.45, 2.75) is 13.8 Å². The van der Waals surface area contributed by atoms with Crippen LogP contribution in [0.2, 0.25) is 0 Å². The SMILES string of the molecule is C#CCNc1cnc2c(C)c(C)ccc2c1. The van der Waals surface area contributed by atoms with Crippen molar-refractivity contribution in [2.75, 3.05) is 11.9 Å². The Kier molecular flexibility index (Phi) is 2.78. The molecule has 16 heavy (non-hydrogen) atoms. The summed E-state index contributed by atoms with van der Waals surface area (Å²) in [4.78, 5) is 4.46. The van der Waals surface area contributed by atoms with Gasteiger partial charge >= 0.3 is 0 Å². The highest BCUT2D eigenvalue weighted by atomic mass is 14.9. The van der Waals surface area contributed by atoms with Crippen molar-refractivity contribution in [3.63, 3.8) is 0 Å². The van der Waals surface area contributed by atoms with Gasteiger partial charge in [-0.15, -0.1) is 6.42 Å². The molecule has 1 aromatic carbocycles. The molecule has 2 rings (SSSR count). The quantitative estimate of drug-likeness (QED) is 0.771. The predicted molar refractivity (Wildman–Crippen MR) is 68.5 cm³/mol. The molecule has 0 bridgehead atoms. The van der Waals surface area contributed by atoms with E-state index in [4.69, 9.17) is 6.42 Å². The van der Waals surface area contributed by atoms with Gasteiger partial charge in [-0.3, -0.25) is 4.98 Å². The van der Waals surface area contributed by atoms with Gasteiger partial charge in [0.2, 0.25) is 0 Å². The van der Waals surface area contributed by atoms with Crippen molar-refractivity contribution in [1.29, 1.82) is 0 Å². The molecule has 0 aliphatic rings. The summed E-state index contributed by atoms with van der Waals surface area (Å²) in [5.41, 5.74) is 4.53. The first-order valence-corrected chi connectivity index (χ1v) is 5.25. The summed E-state index contributed by atoms with van der Waals surface area (Å²) in [5, 5.41) is 4.27. The average Bonchev–Trinajstić information content (AvgIpc) is 2.31. The largest absolute Gasteiger partial charge is 0.373 e. The van der Waals surface area contributed by atoms with Crippen LogP contribution in [0.1, 0.15) is 11.1 Å². The Morgan fingerprint density at radius 1 is 1.38 bits per heavy atom. The lowest BCUT2D eigenvalue weighted by atomic mass is 10.1. The minimum absolute atomic E-state index is 0.526. The third-order valence-electron chi connectivity index (χ3n) is 2.77. The van der Waals surface area contributed by atoms with Crippen LogP contribution in [0, 0.1) is 26.2 Å². The fraction of sp³-hybridized carbons (Fsp3) is 0.214. The number of nitrogens with zero attached hydrogens (tertiary/aromatic N) is 1. The first-order valence-electron chi connectivity index (χ1n) is 5.25. The zero-order valence-corrected chi connectivity index (χ0v) is 9.54. The van der Waals surface area contributed by atoms with Crippen LogP contribution in [0.5, 0.6) is 0 Å². The number of hydrogen-bond donors (Lipinski definition) is 1. The van der Waals surface area contributed by atoms with Crippen molar-refractivity contribution < 1.29 is 0 Å². The van der Waals surface area contributed by atoms with E-state index < -0.39 is 0 Å². The number of benzene rings is 1. The maximum atomic E-state index is 5.20. The smallest absolute Gasteiger partial charge is 0.0763 e. The van der Waals surface area contributed by atoms with Crippen molar-refractivity contribution in [2.24, 2.45) is 0 Å². The Hall–Kier alpha value is -2.01. The van der Waals surface area contributed by atoms with Gasteiger partial charge < -0.3 is 5.32 Å². The summed E-state index contributed by atoms with van der Waals surface area (Å²) < 4.78 is 0. The third kappa shape index (κ3) is 1.85. The minimum atomic E-state index is 0.526. The Balaban J connectivity index is 2.48. The van der Waals surface area contributed by atoms with Gasteiger partial charge in [0.1, 0.15) is 0 Å². The zero-order valence-electron chi connectivity index (χ0n) is 9.54. The molecule has 1 heterocycles. The van der Waals surface area contributed by atoms with Crippen LogP contribution in [0.4, 0.5) is 5.69 Å². The van der Waals surface area contributed by atoms with Gasteiger partial charge in [0, 0.05) is 5.39 Å². The highest BCUT2D eigenvalue weighted by Gasteiger charge is 2.02. The number of fused-ring (bicyclic) bond motifs is 1. The standard InChI is InChI=1S/C14H14N2/c1-4-7-15-13-8-12-6-5-10(2)11(3)14(12)16-9-13/h1,5-6,8-9,15H,7H2,2-3H3. The summed E-state index contributed by atoms with van der Waals surface area (Å²) in [6.45, 7) is 4.72. The van der Waals surface area contributed by atoms with E-state index in [0.29, 0.717) is 6.54 Å². The summed E-state index contributed by atoms with van der Waals surface area (Å²) in [5.74, 6) is 2.55. The molecule has 80 valence electrons. The number of aromatic nitrogens is 1. The number of nitrogens with one attached hydrogen (secondary N) is 1. The van der Waals surface area contributed by atoms with Crippen LogP contribution in [0.15, 0.2) is 24.4 Å². The van der Waals surface area contributed by atoms with Crippen LogP contribution in [-0.4, -0.2) is 11.5 Å². The molecule has 1 aromatic heterocycles. The fourth-order valence-corrected chi connectivity index (χ4v) is 1.70. The Morgan fingerprint density at radius 2 is 2.19 bits per heavy atom. The van der Waals surface area contributed by atoms with Gasteiger partial charge in [-0.1, -0.05) is 18.1 Å². The molecule has 2 heteroatoms. The minimum Gasteiger partial charge on any atom is -0.373 e. The molecule has 0 aliphatic carbocycles. The molecule has 0 fully saturated rings. The number of pyridine rings is 1. The van der Waals surface area contributed by atoms with E-state index in [9.17, 15) is 0 Å². The normalized spacial score (nSPS) is 10.1. The lowest BCUT2D eigenvalue weighted by molar-refractivity contribution is 1.29. The summed E-state index contributed by atoms with van der Waals surface area (Å²) in [6.07, 6.45) is 7.03. The fourth-order valence-electron chi connectivity index (χ4n) is 1.70. The molecule has 0 spiro atoms. The van der Waals surface area contributed by atoms with Gasteiger partial charge in [0.15, 0.2) is 0 Å².